The summed E-state index contributed by atoms with van der Waals surface area (Å²) in [5.74, 6) is 1.78. The fraction of sp³-hybridized carbons (Fsp3) is 1.00. The zero-order chi connectivity index (χ0) is 9.97. The van der Waals surface area contributed by atoms with Crippen LogP contribution in [0.15, 0.2) is 0 Å². The first-order valence-electron chi connectivity index (χ1n) is 6.21. The van der Waals surface area contributed by atoms with Gasteiger partial charge in [0.2, 0.25) is 0 Å². The molecule has 2 nitrogen and oxygen atoms in total. The van der Waals surface area contributed by atoms with E-state index >= 15 is 0 Å². The van der Waals surface area contributed by atoms with Crippen LogP contribution in [0.5, 0.6) is 0 Å². The molecule has 0 bridgehead atoms. The Morgan fingerprint density at radius 1 is 1.14 bits per heavy atom. The van der Waals surface area contributed by atoms with Gasteiger partial charge in [0.15, 0.2) is 0 Å². The van der Waals surface area contributed by atoms with E-state index in [-0.39, 0.29) is 0 Å². The molecule has 0 amide bonds. The molecule has 14 heavy (non-hydrogen) atoms. The van der Waals surface area contributed by atoms with Crippen molar-refractivity contribution in [3.8, 4) is 0 Å². The van der Waals surface area contributed by atoms with Gasteiger partial charge in [-0.25, -0.2) is 0 Å². The average Bonchev–Trinajstić information content (AvgIpc) is 2.58. The van der Waals surface area contributed by atoms with E-state index in [4.69, 9.17) is 5.73 Å². The number of rotatable bonds is 4. The highest BCUT2D eigenvalue weighted by molar-refractivity contribution is 4.86. The zero-order valence-electron chi connectivity index (χ0n) is 9.41. The van der Waals surface area contributed by atoms with Gasteiger partial charge in [0, 0.05) is 12.6 Å². The summed E-state index contributed by atoms with van der Waals surface area (Å²) < 4.78 is 0. The van der Waals surface area contributed by atoms with Gasteiger partial charge >= 0.3 is 0 Å². The van der Waals surface area contributed by atoms with Crippen LogP contribution in [0.3, 0.4) is 0 Å². The minimum atomic E-state index is 0.778. The molecule has 0 spiro atoms. The number of hydrogen-bond donors (Lipinski definition) is 1. The van der Waals surface area contributed by atoms with E-state index in [2.05, 4.69) is 11.9 Å². The van der Waals surface area contributed by atoms with Crippen molar-refractivity contribution in [2.45, 2.75) is 44.6 Å². The molecule has 0 aromatic rings. The molecule has 82 valence electrons. The second kappa shape index (κ2) is 4.63. The van der Waals surface area contributed by atoms with Crippen molar-refractivity contribution in [3.05, 3.63) is 0 Å². The Morgan fingerprint density at radius 2 is 1.86 bits per heavy atom. The van der Waals surface area contributed by atoms with Crippen molar-refractivity contribution in [1.82, 2.24) is 4.90 Å². The first-order valence-corrected chi connectivity index (χ1v) is 6.21. The van der Waals surface area contributed by atoms with Crippen LogP contribution in [-0.4, -0.2) is 31.1 Å². The summed E-state index contributed by atoms with van der Waals surface area (Å²) in [6.45, 7) is 2.21. The molecule has 2 fully saturated rings. The summed E-state index contributed by atoms with van der Waals surface area (Å²) in [5.41, 5.74) is 5.81. The van der Waals surface area contributed by atoms with Gasteiger partial charge in [-0.2, -0.15) is 0 Å². The molecule has 2 heteroatoms. The first-order chi connectivity index (χ1) is 6.81. The lowest BCUT2D eigenvalue weighted by Crippen LogP contribution is -2.41. The summed E-state index contributed by atoms with van der Waals surface area (Å²) in [7, 11) is 2.30. The summed E-state index contributed by atoms with van der Waals surface area (Å²) in [4.78, 5) is 2.59. The molecule has 2 saturated carbocycles. The molecule has 0 heterocycles. The van der Waals surface area contributed by atoms with Gasteiger partial charge in [-0.1, -0.05) is 12.8 Å². The Morgan fingerprint density at radius 3 is 2.43 bits per heavy atom. The van der Waals surface area contributed by atoms with Gasteiger partial charge in [-0.15, -0.1) is 0 Å². The molecular weight excluding hydrogens is 172 g/mol. The highest BCUT2D eigenvalue weighted by Gasteiger charge is 2.31. The van der Waals surface area contributed by atoms with Crippen molar-refractivity contribution in [2.75, 3.05) is 20.1 Å². The monoisotopic (exact) mass is 196 g/mol. The third kappa shape index (κ3) is 2.12. The Balaban J connectivity index is 1.79. The first kappa shape index (κ1) is 10.4. The highest BCUT2D eigenvalue weighted by Crippen LogP contribution is 2.32. The molecule has 2 atom stereocenters. The van der Waals surface area contributed by atoms with Crippen LogP contribution in [-0.2, 0) is 0 Å². The Kier molecular flexibility index (Phi) is 3.45. The number of nitrogens with zero attached hydrogens (tertiary/aromatic N) is 1. The minimum absolute atomic E-state index is 0.778. The van der Waals surface area contributed by atoms with Gasteiger partial charge in [0.25, 0.3) is 0 Å². The normalized spacial score (nSPS) is 33.6. The quantitative estimate of drug-likeness (QED) is 0.743. The lowest BCUT2D eigenvalue weighted by Gasteiger charge is -2.35. The van der Waals surface area contributed by atoms with Crippen LogP contribution >= 0.6 is 0 Å². The molecule has 2 N–H and O–H groups in total. The van der Waals surface area contributed by atoms with E-state index in [0.29, 0.717) is 0 Å². The third-order valence-corrected chi connectivity index (χ3v) is 4.26. The fourth-order valence-electron chi connectivity index (χ4n) is 3.09. The maximum Gasteiger partial charge on any atom is 0.0133 e. The molecule has 2 unspecified atom stereocenters. The van der Waals surface area contributed by atoms with E-state index in [0.717, 1.165) is 24.4 Å². The number of hydrogen-bond acceptors (Lipinski definition) is 2. The maximum absolute atomic E-state index is 5.81. The lowest BCUT2D eigenvalue weighted by molar-refractivity contribution is 0.139. The highest BCUT2D eigenvalue weighted by atomic mass is 15.1. The lowest BCUT2D eigenvalue weighted by atomic mass is 9.84. The van der Waals surface area contributed by atoms with E-state index in [1.807, 2.05) is 0 Å². The van der Waals surface area contributed by atoms with Gasteiger partial charge in [-0.05, 0) is 51.1 Å². The predicted molar refractivity (Wildman–Crippen MR) is 60.2 cm³/mol. The second-order valence-electron chi connectivity index (χ2n) is 5.23. The molecule has 0 aromatic heterocycles. The predicted octanol–water partition coefficient (Wildman–Crippen LogP) is 1.85. The summed E-state index contributed by atoms with van der Waals surface area (Å²) in [5, 5.41) is 0. The number of nitrogens with two attached hydrogens (primary N) is 1. The van der Waals surface area contributed by atoms with Gasteiger partial charge in [-0.3, -0.25) is 0 Å². The Hall–Kier alpha value is -0.0800. The molecule has 0 aliphatic heterocycles. The Labute approximate surface area is 87.8 Å². The summed E-state index contributed by atoms with van der Waals surface area (Å²) >= 11 is 0. The van der Waals surface area contributed by atoms with E-state index in [1.165, 1.54) is 45.1 Å². The van der Waals surface area contributed by atoms with Crippen LogP contribution in [0.4, 0.5) is 0 Å². The molecule has 2 aliphatic rings. The van der Waals surface area contributed by atoms with Crippen molar-refractivity contribution < 1.29 is 0 Å². The van der Waals surface area contributed by atoms with Gasteiger partial charge in [0.05, 0.1) is 0 Å². The van der Waals surface area contributed by atoms with Crippen LogP contribution in [0.2, 0.25) is 0 Å². The molecule has 0 saturated heterocycles. The summed E-state index contributed by atoms with van der Waals surface area (Å²) in [6.07, 6.45) is 8.51. The topological polar surface area (TPSA) is 29.3 Å². The van der Waals surface area contributed by atoms with E-state index < -0.39 is 0 Å². The molecule has 0 aromatic carbocycles. The third-order valence-electron chi connectivity index (χ3n) is 4.26. The van der Waals surface area contributed by atoms with Gasteiger partial charge in [0.1, 0.15) is 0 Å². The van der Waals surface area contributed by atoms with Crippen molar-refractivity contribution in [1.29, 1.82) is 0 Å². The molecule has 2 aliphatic carbocycles. The maximum atomic E-state index is 5.81. The van der Waals surface area contributed by atoms with Crippen molar-refractivity contribution >= 4 is 0 Å². The average molecular weight is 196 g/mol. The SMILES string of the molecule is CN(CC1CCC1)C1CCCC1CN. The fourth-order valence-corrected chi connectivity index (χ4v) is 3.09. The smallest absolute Gasteiger partial charge is 0.0133 e. The second-order valence-corrected chi connectivity index (χ2v) is 5.23. The molecular formula is C12H24N2. The van der Waals surface area contributed by atoms with Gasteiger partial charge < -0.3 is 10.6 Å². The minimum Gasteiger partial charge on any atom is -0.330 e. The van der Waals surface area contributed by atoms with E-state index in [9.17, 15) is 0 Å². The van der Waals surface area contributed by atoms with E-state index in [1.54, 1.807) is 0 Å². The largest absolute Gasteiger partial charge is 0.330 e. The van der Waals surface area contributed by atoms with Crippen LogP contribution < -0.4 is 5.73 Å². The van der Waals surface area contributed by atoms with Crippen LogP contribution in [0.1, 0.15) is 38.5 Å². The zero-order valence-corrected chi connectivity index (χ0v) is 9.41. The van der Waals surface area contributed by atoms with Crippen LogP contribution in [0, 0.1) is 11.8 Å². The summed E-state index contributed by atoms with van der Waals surface area (Å²) in [6, 6.07) is 0.792. The standard InChI is InChI=1S/C12H24N2/c1-14(9-10-4-2-5-10)12-7-3-6-11(12)8-13/h10-12H,2-9,13H2,1H3. The van der Waals surface area contributed by atoms with Crippen molar-refractivity contribution in [2.24, 2.45) is 17.6 Å². The van der Waals surface area contributed by atoms with Crippen molar-refractivity contribution in [3.63, 3.8) is 0 Å². The Bertz CT molecular complexity index is 177. The molecule has 0 radical (unpaired) electrons. The van der Waals surface area contributed by atoms with Crippen LogP contribution in [0.25, 0.3) is 0 Å². The molecule has 2 rings (SSSR count).